The maximum Gasteiger partial charge on any atom is 0.337 e. The van der Waals surface area contributed by atoms with Crippen molar-refractivity contribution in [3.05, 3.63) is 22.8 Å². The Balaban J connectivity index is 1.35. The number of halogens is 1. The zero-order valence-electron chi connectivity index (χ0n) is 17.2. The van der Waals surface area contributed by atoms with Crippen LogP contribution in [-0.2, 0) is 4.79 Å². The third kappa shape index (κ3) is 3.83. The van der Waals surface area contributed by atoms with Gasteiger partial charge in [0, 0.05) is 25.8 Å². The predicted molar refractivity (Wildman–Crippen MR) is 112 cm³/mol. The van der Waals surface area contributed by atoms with E-state index in [0.717, 1.165) is 37.8 Å². The SMILES string of the molecule is CC1(C)[C@H]2CC[C@@H](CNC(=O)[C@@H]3CCCN(c4ncc(C(=O)O)cc4Cl)C3)[C@@H]1C2. The normalized spacial score (nSPS) is 30.4. The minimum atomic E-state index is -1.05. The standard InChI is InChI=1S/C22H30ClN3O3/c1-22(2)16-6-5-13(17(22)9-16)10-25-20(27)14-4-3-7-26(12-14)19-18(23)8-15(11-24-19)21(28)29/h8,11,13-14,16-17H,3-7,9-10,12H2,1-2H3,(H,25,27)(H,28,29)/t13-,14+,16-,17-/m0/s1. The van der Waals surface area contributed by atoms with Crippen LogP contribution in [0.2, 0.25) is 5.02 Å². The van der Waals surface area contributed by atoms with Gasteiger partial charge in [-0.05, 0) is 61.3 Å². The molecular weight excluding hydrogens is 390 g/mol. The summed E-state index contributed by atoms with van der Waals surface area (Å²) in [6, 6.07) is 1.42. The van der Waals surface area contributed by atoms with Gasteiger partial charge in [0.1, 0.15) is 5.82 Å². The molecule has 3 aliphatic carbocycles. The van der Waals surface area contributed by atoms with E-state index in [1.54, 1.807) is 0 Å². The highest BCUT2D eigenvalue weighted by Gasteiger charge is 2.54. The van der Waals surface area contributed by atoms with Gasteiger partial charge in [0.05, 0.1) is 16.5 Å². The molecule has 1 aliphatic heterocycles. The smallest absolute Gasteiger partial charge is 0.337 e. The fourth-order valence-corrected chi connectivity index (χ4v) is 6.03. The van der Waals surface area contributed by atoms with Crippen molar-refractivity contribution in [2.45, 2.75) is 46.0 Å². The number of nitrogens with one attached hydrogen (secondary N) is 1. The molecule has 1 saturated heterocycles. The summed E-state index contributed by atoms with van der Waals surface area (Å²) < 4.78 is 0. The van der Waals surface area contributed by atoms with Crippen LogP contribution >= 0.6 is 11.6 Å². The second-order valence-corrected chi connectivity index (χ2v) is 9.97. The van der Waals surface area contributed by atoms with E-state index in [4.69, 9.17) is 16.7 Å². The maximum atomic E-state index is 12.9. The molecule has 1 aromatic heterocycles. The van der Waals surface area contributed by atoms with Gasteiger partial charge < -0.3 is 15.3 Å². The molecule has 7 heteroatoms. The molecule has 2 heterocycles. The van der Waals surface area contributed by atoms with Crippen LogP contribution in [0.3, 0.4) is 0 Å². The van der Waals surface area contributed by atoms with E-state index >= 15 is 0 Å². The van der Waals surface area contributed by atoms with Gasteiger partial charge >= 0.3 is 5.97 Å². The summed E-state index contributed by atoms with van der Waals surface area (Å²) in [5.74, 6) is 1.74. The van der Waals surface area contributed by atoms with Gasteiger partial charge in [0.15, 0.2) is 0 Å². The summed E-state index contributed by atoms with van der Waals surface area (Å²) in [5, 5.41) is 12.6. The molecule has 5 rings (SSSR count). The van der Waals surface area contributed by atoms with Crippen LogP contribution in [0.25, 0.3) is 0 Å². The Labute approximate surface area is 177 Å². The first kappa shape index (κ1) is 20.5. The predicted octanol–water partition coefficient (Wildman–Crippen LogP) is 3.84. The van der Waals surface area contributed by atoms with E-state index in [1.165, 1.54) is 31.5 Å². The van der Waals surface area contributed by atoms with Gasteiger partial charge in [-0.15, -0.1) is 0 Å². The van der Waals surface area contributed by atoms with Crippen LogP contribution in [0, 0.1) is 29.1 Å². The molecule has 0 spiro atoms. The number of anilines is 1. The van der Waals surface area contributed by atoms with Crippen molar-refractivity contribution in [1.82, 2.24) is 10.3 Å². The van der Waals surface area contributed by atoms with Gasteiger partial charge in [-0.1, -0.05) is 25.4 Å². The second kappa shape index (κ2) is 7.78. The van der Waals surface area contributed by atoms with Crippen molar-refractivity contribution in [1.29, 1.82) is 0 Å². The highest BCUT2D eigenvalue weighted by Crippen LogP contribution is 2.61. The molecule has 6 nitrogen and oxygen atoms in total. The lowest BCUT2D eigenvalue weighted by Gasteiger charge is -2.60. The molecule has 4 aliphatic rings. The molecule has 0 aromatic carbocycles. The molecule has 4 atom stereocenters. The third-order valence-corrected chi connectivity index (χ3v) is 7.98. The number of aromatic nitrogens is 1. The number of hydrogen-bond acceptors (Lipinski definition) is 4. The number of aromatic carboxylic acids is 1. The Bertz CT molecular complexity index is 810. The highest BCUT2D eigenvalue weighted by atomic mass is 35.5. The number of hydrogen-bond donors (Lipinski definition) is 2. The summed E-state index contributed by atoms with van der Waals surface area (Å²) in [4.78, 5) is 30.2. The molecule has 0 unspecified atom stereocenters. The van der Waals surface area contributed by atoms with Gasteiger partial charge in [-0.3, -0.25) is 4.79 Å². The average molecular weight is 420 g/mol. The molecule has 0 radical (unpaired) electrons. The number of nitrogens with zero attached hydrogens (tertiary/aromatic N) is 2. The Morgan fingerprint density at radius 1 is 1.34 bits per heavy atom. The minimum absolute atomic E-state index is 0.0682. The molecule has 3 saturated carbocycles. The Morgan fingerprint density at radius 2 is 2.14 bits per heavy atom. The Kier molecular flexibility index (Phi) is 5.49. The Hall–Kier alpha value is -1.82. The number of carboxylic acid groups (broad SMARTS) is 1. The average Bonchev–Trinajstić information content (AvgIpc) is 2.71. The first-order valence-electron chi connectivity index (χ1n) is 10.7. The highest BCUT2D eigenvalue weighted by molar-refractivity contribution is 6.33. The van der Waals surface area contributed by atoms with Gasteiger partial charge in [-0.2, -0.15) is 0 Å². The van der Waals surface area contributed by atoms with Crippen molar-refractivity contribution in [2.24, 2.45) is 29.1 Å². The molecule has 4 fully saturated rings. The molecule has 1 amide bonds. The fourth-order valence-electron chi connectivity index (χ4n) is 5.75. The number of carboxylic acids is 1. The maximum absolute atomic E-state index is 12.9. The lowest BCUT2D eigenvalue weighted by Crippen LogP contribution is -2.55. The lowest BCUT2D eigenvalue weighted by molar-refractivity contribution is -0.128. The molecule has 1 aromatic rings. The zero-order valence-corrected chi connectivity index (χ0v) is 17.9. The summed E-state index contributed by atoms with van der Waals surface area (Å²) in [7, 11) is 0. The van der Waals surface area contributed by atoms with Crippen molar-refractivity contribution in [3.63, 3.8) is 0 Å². The lowest BCUT2D eigenvalue weighted by atomic mass is 9.45. The number of rotatable bonds is 5. The largest absolute Gasteiger partial charge is 0.478 e. The second-order valence-electron chi connectivity index (χ2n) is 9.56. The number of carbonyl (C=O) groups is 2. The molecule has 2 N–H and O–H groups in total. The number of piperidine rings is 1. The van der Waals surface area contributed by atoms with Crippen LogP contribution in [0.4, 0.5) is 5.82 Å². The summed E-state index contributed by atoms with van der Waals surface area (Å²) in [6.07, 6.45) is 6.90. The first-order chi connectivity index (χ1) is 13.8. The van der Waals surface area contributed by atoms with E-state index in [-0.39, 0.29) is 17.4 Å². The minimum Gasteiger partial charge on any atom is -0.478 e. The fraction of sp³-hybridized carbons (Fsp3) is 0.682. The van der Waals surface area contributed by atoms with Crippen LogP contribution in [0.15, 0.2) is 12.3 Å². The van der Waals surface area contributed by atoms with Crippen LogP contribution in [0.5, 0.6) is 0 Å². The Morgan fingerprint density at radius 3 is 2.79 bits per heavy atom. The van der Waals surface area contributed by atoms with Crippen molar-refractivity contribution in [3.8, 4) is 0 Å². The summed E-state index contributed by atoms with van der Waals surface area (Å²) in [6.45, 7) is 6.87. The number of carbonyl (C=O) groups excluding carboxylic acids is 1. The van der Waals surface area contributed by atoms with Crippen LogP contribution < -0.4 is 10.2 Å². The molecule has 158 valence electrons. The molecule has 29 heavy (non-hydrogen) atoms. The third-order valence-electron chi connectivity index (χ3n) is 7.70. The molecular formula is C22H30ClN3O3. The zero-order chi connectivity index (χ0) is 20.8. The number of amides is 1. The number of pyridine rings is 1. The van der Waals surface area contributed by atoms with E-state index in [9.17, 15) is 9.59 Å². The van der Waals surface area contributed by atoms with E-state index in [2.05, 4.69) is 24.1 Å². The first-order valence-corrected chi connectivity index (χ1v) is 11.1. The number of fused-ring (bicyclic) bond motifs is 2. The van der Waals surface area contributed by atoms with Crippen LogP contribution in [-0.4, -0.2) is 41.6 Å². The summed E-state index contributed by atoms with van der Waals surface area (Å²) >= 11 is 6.28. The monoisotopic (exact) mass is 419 g/mol. The van der Waals surface area contributed by atoms with Crippen molar-refractivity contribution in [2.75, 3.05) is 24.5 Å². The van der Waals surface area contributed by atoms with Gasteiger partial charge in [0.25, 0.3) is 0 Å². The topological polar surface area (TPSA) is 82.5 Å². The van der Waals surface area contributed by atoms with Crippen molar-refractivity contribution >= 4 is 29.3 Å². The van der Waals surface area contributed by atoms with Crippen molar-refractivity contribution < 1.29 is 14.7 Å². The van der Waals surface area contributed by atoms with E-state index < -0.39 is 5.97 Å². The van der Waals surface area contributed by atoms with Gasteiger partial charge in [-0.25, -0.2) is 9.78 Å². The van der Waals surface area contributed by atoms with Gasteiger partial charge in [0.2, 0.25) is 5.91 Å². The van der Waals surface area contributed by atoms with E-state index in [1.807, 2.05) is 4.90 Å². The molecule has 2 bridgehead atoms. The quantitative estimate of drug-likeness (QED) is 0.757. The summed E-state index contributed by atoms with van der Waals surface area (Å²) in [5.41, 5.74) is 0.499. The van der Waals surface area contributed by atoms with E-state index in [0.29, 0.717) is 28.7 Å². The van der Waals surface area contributed by atoms with Crippen LogP contribution in [0.1, 0.15) is 56.3 Å².